The number of nitrogens with zero attached hydrogens (tertiary/aromatic N) is 3. The minimum Gasteiger partial charge on any atom is -0.339 e. The number of carbonyl (C=O) groups is 1. The van der Waals surface area contributed by atoms with Crippen molar-refractivity contribution < 1.29 is 9.32 Å². The molecule has 2 unspecified atom stereocenters. The SMILES string of the molecule is CNC(C)Cc1noc(C2CCCN(C(=O)c3ccccc3)C2)n1.Cl. The van der Waals surface area contributed by atoms with Crippen LogP contribution in [0.3, 0.4) is 0 Å². The molecule has 1 amide bonds. The molecule has 0 saturated carbocycles. The Hall–Kier alpha value is -1.92. The van der Waals surface area contributed by atoms with Crippen LogP contribution < -0.4 is 5.32 Å². The first kappa shape index (κ1) is 19.4. The maximum Gasteiger partial charge on any atom is 0.253 e. The van der Waals surface area contributed by atoms with Crippen molar-refractivity contribution in [1.82, 2.24) is 20.4 Å². The Morgan fingerprint density at radius 1 is 1.40 bits per heavy atom. The van der Waals surface area contributed by atoms with E-state index in [1.807, 2.05) is 42.3 Å². The third-order valence-electron chi connectivity index (χ3n) is 4.54. The van der Waals surface area contributed by atoms with Gasteiger partial charge in [0.15, 0.2) is 5.82 Å². The number of likely N-dealkylation sites (tertiary alicyclic amines) is 1. The molecule has 3 rings (SSSR count). The molecule has 0 aliphatic carbocycles. The van der Waals surface area contributed by atoms with Gasteiger partial charge in [-0.1, -0.05) is 23.4 Å². The lowest BCUT2D eigenvalue weighted by Crippen LogP contribution is -2.39. The second kappa shape index (κ2) is 8.97. The molecule has 1 saturated heterocycles. The maximum absolute atomic E-state index is 12.6. The van der Waals surface area contributed by atoms with Gasteiger partial charge in [0.1, 0.15) is 0 Å². The molecule has 7 heteroatoms. The lowest BCUT2D eigenvalue weighted by Gasteiger charge is -2.31. The van der Waals surface area contributed by atoms with E-state index in [-0.39, 0.29) is 24.2 Å². The van der Waals surface area contributed by atoms with Crippen molar-refractivity contribution in [1.29, 1.82) is 0 Å². The summed E-state index contributed by atoms with van der Waals surface area (Å²) >= 11 is 0. The number of piperidine rings is 1. The van der Waals surface area contributed by atoms with Crippen LogP contribution in [-0.2, 0) is 6.42 Å². The summed E-state index contributed by atoms with van der Waals surface area (Å²) in [4.78, 5) is 19.0. The number of nitrogens with one attached hydrogen (secondary N) is 1. The van der Waals surface area contributed by atoms with E-state index in [4.69, 9.17) is 4.52 Å². The summed E-state index contributed by atoms with van der Waals surface area (Å²) in [6.07, 6.45) is 2.66. The first-order chi connectivity index (χ1) is 11.7. The van der Waals surface area contributed by atoms with Gasteiger partial charge in [-0.3, -0.25) is 4.79 Å². The monoisotopic (exact) mass is 364 g/mol. The fourth-order valence-corrected chi connectivity index (χ4v) is 3.02. The summed E-state index contributed by atoms with van der Waals surface area (Å²) in [5.74, 6) is 1.57. The molecule has 25 heavy (non-hydrogen) atoms. The number of carbonyl (C=O) groups excluding carboxylic acids is 1. The Labute approximate surface area is 154 Å². The smallest absolute Gasteiger partial charge is 0.253 e. The van der Waals surface area contributed by atoms with Crippen LogP contribution in [0, 0.1) is 0 Å². The molecule has 1 aliphatic rings. The molecule has 1 aromatic carbocycles. The van der Waals surface area contributed by atoms with Gasteiger partial charge < -0.3 is 14.7 Å². The zero-order valence-electron chi connectivity index (χ0n) is 14.6. The predicted molar refractivity (Wildman–Crippen MR) is 98.1 cm³/mol. The summed E-state index contributed by atoms with van der Waals surface area (Å²) < 4.78 is 5.46. The lowest BCUT2D eigenvalue weighted by atomic mass is 9.97. The van der Waals surface area contributed by atoms with Crippen molar-refractivity contribution in [2.45, 2.75) is 38.1 Å². The van der Waals surface area contributed by atoms with Crippen molar-refractivity contribution in [3.63, 3.8) is 0 Å². The van der Waals surface area contributed by atoms with Crippen LogP contribution in [0.2, 0.25) is 0 Å². The first-order valence-corrected chi connectivity index (χ1v) is 8.51. The Morgan fingerprint density at radius 3 is 2.88 bits per heavy atom. The molecule has 2 heterocycles. The van der Waals surface area contributed by atoms with Gasteiger partial charge in [0.25, 0.3) is 5.91 Å². The molecular weight excluding hydrogens is 340 g/mol. The Kier molecular flexibility index (Phi) is 6.96. The van der Waals surface area contributed by atoms with Crippen molar-refractivity contribution in [2.75, 3.05) is 20.1 Å². The van der Waals surface area contributed by atoms with Crippen LogP contribution in [0.4, 0.5) is 0 Å². The standard InChI is InChI=1S/C18H24N4O2.ClH/c1-13(19-2)11-16-20-17(24-21-16)15-9-6-10-22(12-15)18(23)14-7-4-3-5-8-14;/h3-5,7-8,13,15,19H,6,9-12H2,1-2H3;1H. The van der Waals surface area contributed by atoms with Gasteiger partial charge in [-0.2, -0.15) is 4.98 Å². The van der Waals surface area contributed by atoms with Gasteiger partial charge in [0.2, 0.25) is 5.89 Å². The third-order valence-corrected chi connectivity index (χ3v) is 4.54. The third kappa shape index (κ3) is 4.80. The molecule has 0 bridgehead atoms. The Balaban J connectivity index is 0.00000225. The molecule has 1 aliphatic heterocycles. The highest BCUT2D eigenvalue weighted by atomic mass is 35.5. The summed E-state index contributed by atoms with van der Waals surface area (Å²) in [5.41, 5.74) is 0.729. The molecule has 2 atom stereocenters. The van der Waals surface area contributed by atoms with Gasteiger partial charge in [0, 0.05) is 31.1 Å². The van der Waals surface area contributed by atoms with Gasteiger partial charge in [-0.15, -0.1) is 12.4 Å². The molecule has 1 N–H and O–H groups in total. The number of hydrogen-bond acceptors (Lipinski definition) is 5. The van der Waals surface area contributed by atoms with Crippen LogP contribution in [0.15, 0.2) is 34.9 Å². The average molecular weight is 365 g/mol. The Morgan fingerprint density at radius 2 is 2.16 bits per heavy atom. The fraction of sp³-hybridized carbons (Fsp3) is 0.500. The highest BCUT2D eigenvalue weighted by Crippen LogP contribution is 2.26. The highest BCUT2D eigenvalue weighted by molar-refractivity contribution is 5.94. The van der Waals surface area contributed by atoms with E-state index in [0.717, 1.165) is 37.2 Å². The number of benzene rings is 1. The number of rotatable bonds is 5. The minimum absolute atomic E-state index is 0. The zero-order chi connectivity index (χ0) is 16.9. The molecular formula is C18H25ClN4O2. The van der Waals surface area contributed by atoms with E-state index in [0.29, 0.717) is 18.5 Å². The molecule has 1 fully saturated rings. The topological polar surface area (TPSA) is 71.3 Å². The van der Waals surface area contributed by atoms with E-state index in [9.17, 15) is 4.79 Å². The van der Waals surface area contributed by atoms with E-state index in [1.165, 1.54) is 0 Å². The molecule has 2 aromatic rings. The van der Waals surface area contributed by atoms with E-state index in [2.05, 4.69) is 22.4 Å². The maximum atomic E-state index is 12.6. The number of hydrogen-bond donors (Lipinski definition) is 1. The van der Waals surface area contributed by atoms with Crippen LogP contribution in [0.5, 0.6) is 0 Å². The molecule has 0 radical (unpaired) electrons. The van der Waals surface area contributed by atoms with Gasteiger partial charge >= 0.3 is 0 Å². The van der Waals surface area contributed by atoms with Crippen LogP contribution in [0.1, 0.15) is 47.8 Å². The summed E-state index contributed by atoms with van der Waals surface area (Å²) in [7, 11) is 1.92. The average Bonchev–Trinajstić information content (AvgIpc) is 3.10. The van der Waals surface area contributed by atoms with Gasteiger partial charge in [-0.05, 0) is 38.9 Å². The van der Waals surface area contributed by atoms with Crippen molar-refractivity contribution in [3.8, 4) is 0 Å². The number of amides is 1. The van der Waals surface area contributed by atoms with Crippen molar-refractivity contribution >= 4 is 18.3 Å². The molecule has 0 spiro atoms. The molecule has 136 valence electrons. The second-order valence-corrected chi connectivity index (χ2v) is 6.40. The van der Waals surface area contributed by atoms with Gasteiger partial charge in [0.05, 0.1) is 5.92 Å². The van der Waals surface area contributed by atoms with Crippen LogP contribution in [-0.4, -0.2) is 47.1 Å². The van der Waals surface area contributed by atoms with Gasteiger partial charge in [-0.25, -0.2) is 0 Å². The lowest BCUT2D eigenvalue weighted by molar-refractivity contribution is 0.0695. The molecule has 6 nitrogen and oxygen atoms in total. The van der Waals surface area contributed by atoms with Crippen molar-refractivity contribution in [2.24, 2.45) is 0 Å². The van der Waals surface area contributed by atoms with Crippen molar-refractivity contribution in [3.05, 3.63) is 47.6 Å². The molecule has 1 aromatic heterocycles. The summed E-state index contributed by atoms with van der Waals surface area (Å²) in [6, 6.07) is 9.72. The quantitative estimate of drug-likeness (QED) is 0.883. The summed E-state index contributed by atoms with van der Waals surface area (Å²) in [5, 5.41) is 7.25. The Bertz CT molecular complexity index is 677. The van der Waals surface area contributed by atoms with Crippen LogP contribution >= 0.6 is 12.4 Å². The number of halogens is 1. The van der Waals surface area contributed by atoms with E-state index >= 15 is 0 Å². The zero-order valence-corrected chi connectivity index (χ0v) is 15.5. The normalized spacial score (nSPS) is 18.5. The van der Waals surface area contributed by atoms with E-state index in [1.54, 1.807) is 0 Å². The number of likely N-dealkylation sites (N-methyl/N-ethyl adjacent to an activating group) is 1. The summed E-state index contributed by atoms with van der Waals surface area (Å²) in [6.45, 7) is 3.50. The second-order valence-electron chi connectivity index (χ2n) is 6.40. The highest BCUT2D eigenvalue weighted by Gasteiger charge is 2.29. The van der Waals surface area contributed by atoms with Crippen LogP contribution in [0.25, 0.3) is 0 Å². The minimum atomic E-state index is 0. The van der Waals surface area contributed by atoms with E-state index < -0.39 is 0 Å². The first-order valence-electron chi connectivity index (χ1n) is 8.51. The number of aromatic nitrogens is 2. The largest absolute Gasteiger partial charge is 0.339 e. The fourth-order valence-electron chi connectivity index (χ4n) is 3.02. The predicted octanol–water partition coefficient (Wildman–Crippen LogP) is 2.66.